The van der Waals surface area contributed by atoms with Crippen molar-refractivity contribution in [2.24, 2.45) is 0 Å². The number of hydrogen-bond donors (Lipinski definition) is 1. The van der Waals surface area contributed by atoms with Gasteiger partial charge in [0.25, 0.3) is 0 Å². The van der Waals surface area contributed by atoms with Crippen molar-refractivity contribution >= 4 is 29.0 Å². The highest BCUT2D eigenvalue weighted by Gasteiger charge is 2.24. The summed E-state index contributed by atoms with van der Waals surface area (Å²) in [5, 5.41) is 1.32. The second-order valence-corrected chi connectivity index (χ2v) is 7.46. The second kappa shape index (κ2) is 7.67. The topological polar surface area (TPSA) is 32.9 Å². The molecule has 1 N–H and O–H groups in total. The van der Waals surface area contributed by atoms with Crippen molar-refractivity contribution in [1.29, 1.82) is 0 Å². The Morgan fingerprint density at radius 2 is 1.29 bits per heavy atom. The van der Waals surface area contributed by atoms with E-state index in [2.05, 4.69) is 4.98 Å². The summed E-state index contributed by atoms with van der Waals surface area (Å²) in [6.45, 7) is 1.93. The fourth-order valence-corrected chi connectivity index (χ4v) is 3.63. The minimum absolute atomic E-state index is 0.0143. The molecule has 0 unspecified atom stereocenters. The highest BCUT2D eigenvalue weighted by Crippen LogP contribution is 2.38. The monoisotopic (exact) mass is 405 g/mol. The van der Waals surface area contributed by atoms with E-state index >= 15 is 0 Å². The highest BCUT2D eigenvalue weighted by molar-refractivity contribution is 6.31. The normalized spacial score (nSPS) is 10.8. The average molecular weight is 406 g/mol. The molecule has 4 rings (SSSR count). The lowest BCUT2D eigenvalue weighted by atomic mass is 9.92. The molecule has 0 aliphatic heterocycles. The van der Waals surface area contributed by atoms with Crippen LogP contribution in [0.5, 0.6) is 0 Å². The lowest BCUT2D eigenvalue weighted by Crippen LogP contribution is -2.03. The fourth-order valence-electron chi connectivity index (χ4n) is 3.38. The van der Waals surface area contributed by atoms with Crippen molar-refractivity contribution in [3.8, 4) is 22.4 Å². The zero-order valence-electron chi connectivity index (χ0n) is 15.2. The SMILES string of the molecule is Cc1[nH]c(-c2ccc(Cl)cc2)c(-c2ccc(Cl)cc2)c1C(=O)c1ccccc1. The molecule has 138 valence electrons. The minimum atomic E-state index is -0.0143. The third-order valence-corrected chi connectivity index (χ3v) is 5.22. The molecule has 0 atom stereocenters. The molecular formula is C24H17Cl2NO. The molecule has 1 aromatic heterocycles. The lowest BCUT2D eigenvalue weighted by molar-refractivity contribution is 0.103. The molecule has 0 amide bonds. The molecule has 3 aromatic carbocycles. The van der Waals surface area contributed by atoms with Crippen LogP contribution < -0.4 is 0 Å². The number of aromatic nitrogens is 1. The van der Waals surface area contributed by atoms with E-state index in [0.717, 1.165) is 28.1 Å². The maximum absolute atomic E-state index is 13.4. The first-order chi connectivity index (χ1) is 13.5. The summed E-state index contributed by atoms with van der Waals surface area (Å²) < 4.78 is 0. The van der Waals surface area contributed by atoms with Crippen LogP contribution in [-0.2, 0) is 0 Å². The minimum Gasteiger partial charge on any atom is -0.357 e. The van der Waals surface area contributed by atoms with Gasteiger partial charge in [-0.15, -0.1) is 0 Å². The number of hydrogen-bond acceptors (Lipinski definition) is 1. The highest BCUT2D eigenvalue weighted by atomic mass is 35.5. The molecule has 0 saturated heterocycles. The summed E-state index contributed by atoms with van der Waals surface area (Å²) in [7, 11) is 0. The van der Waals surface area contributed by atoms with Crippen molar-refractivity contribution < 1.29 is 4.79 Å². The Kier molecular flexibility index (Phi) is 5.08. The van der Waals surface area contributed by atoms with Gasteiger partial charge in [0.1, 0.15) is 0 Å². The molecule has 0 spiro atoms. The summed E-state index contributed by atoms with van der Waals surface area (Å²) in [6.07, 6.45) is 0. The Labute approximate surface area is 173 Å². The predicted octanol–water partition coefficient (Wildman–Crippen LogP) is 7.19. The number of halogens is 2. The maximum Gasteiger partial charge on any atom is 0.195 e. The van der Waals surface area contributed by atoms with Gasteiger partial charge in [0.05, 0.1) is 11.3 Å². The number of carbonyl (C=O) groups is 1. The van der Waals surface area contributed by atoms with E-state index in [4.69, 9.17) is 23.2 Å². The van der Waals surface area contributed by atoms with Crippen molar-refractivity contribution in [2.45, 2.75) is 6.92 Å². The van der Waals surface area contributed by atoms with E-state index in [-0.39, 0.29) is 5.78 Å². The lowest BCUT2D eigenvalue weighted by Gasteiger charge is -2.09. The summed E-state index contributed by atoms with van der Waals surface area (Å²) in [6, 6.07) is 24.4. The molecule has 1 heterocycles. The summed E-state index contributed by atoms with van der Waals surface area (Å²) in [5.74, 6) is -0.0143. The molecule has 0 aliphatic carbocycles. The first-order valence-corrected chi connectivity index (χ1v) is 9.64. The van der Waals surface area contributed by atoms with Crippen molar-refractivity contribution in [1.82, 2.24) is 4.98 Å². The van der Waals surface area contributed by atoms with Crippen LogP contribution in [0.2, 0.25) is 10.0 Å². The Hall–Kier alpha value is -2.81. The van der Waals surface area contributed by atoms with Gasteiger partial charge in [0.2, 0.25) is 0 Å². The number of carbonyl (C=O) groups excluding carboxylic acids is 1. The zero-order valence-corrected chi connectivity index (χ0v) is 16.7. The van der Waals surface area contributed by atoms with E-state index in [1.165, 1.54) is 0 Å². The van der Waals surface area contributed by atoms with Gasteiger partial charge in [-0.25, -0.2) is 0 Å². The zero-order chi connectivity index (χ0) is 19.7. The van der Waals surface area contributed by atoms with E-state index in [1.54, 1.807) is 0 Å². The van der Waals surface area contributed by atoms with Gasteiger partial charge in [0.15, 0.2) is 5.78 Å². The summed E-state index contributed by atoms with van der Waals surface area (Å²) in [4.78, 5) is 16.8. The molecule has 0 bridgehead atoms. The third kappa shape index (κ3) is 3.49. The Morgan fingerprint density at radius 3 is 1.86 bits per heavy atom. The summed E-state index contributed by atoms with van der Waals surface area (Å²) in [5.41, 5.74) is 5.79. The molecule has 4 heteroatoms. The van der Waals surface area contributed by atoms with Gasteiger partial charge in [-0.1, -0.05) is 77.8 Å². The van der Waals surface area contributed by atoms with Crippen LogP contribution in [0.1, 0.15) is 21.6 Å². The molecule has 2 nitrogen and oxygen atoms in total. The van der Waals surface area contributed by atoms with Crippen LogP contribution in [0.25, 0.3) is 22.4 Å². The number of ketones is 1. The number of H-pyrrole nitrogens is 1. The van der Waals surface area contributed by atoms with Crippen LogP contribution in [0, 0.1) is 6.92 Å². The first kappa shape index (κ1) is 18.5. The Bertz CT molecular complexity index is 1130. The average Bonchev–Trinajstić information content (AvgIpc) is 3.06. The van der Waals surface area contributed by atoms with Crippen LogP contribution in [-0.4, -0.2) is 10.8 Å². The standard InChI is InChI=1S/C24H17Cl2NO/c1-15-21(24(28)18-5-3-2-4-6-18)22(16-7-11-19(25)12-8-16)23(27-15)17-9-13-20(26)14-10-17/h2-14,27H,1H3. The van der Waals surface area contributed by atoms with Gasteiger partial charge in [-0.2, -0.15) is 0 Å². The molecule has 0 saturated carbocycles. The number of aryl methyl sites for hydroxylation is 1. The van der Waals surface area contributed by atoms with Gasteiger partial charge in [-0.3, -0.25) is 4.79 Å². The van der Waals surface area contributed by atoms with Gasteiger partial charge < -0.3 is 4.98 Å². The fraction of sp³-hybridized carbons (Fsp3) is 0.0417. The molecular weight excluding hydrogens is 389 g/mol. The van der Waals surface area contributed by atoms with Crippen LogP contribution in [0.3, 0.4) is 0 Å². The van der Waals surface area contributed by atoms with Crippen molar-refractivity contribution in [3.05, 3.63) is 106 Å². The van der Waals surface area contributed by atoms with Crippen LogP contribution in [0.4, 0.5) is 0 Å². The maximum atomic E-state index is 13.4. The van der Waals surface area contributed by atoms with Gasteiger partial charge >= 0.3 is 0 Å². The number of aromatic amines is 1. The Morgan fingerprint density at radius 1 is 0.750 bits per heavy atom. The first-order valence-electron chi connectivity index (χ1n) is 8.89. The smallest absolute Gasteiger partial charge is 0.195 e. The third-order valence-electron chi connectivity index (χ3n) is 4.72. The van der Waals surface area contributed by atoms with E-state index in [1.807, 2.05) is 85.8 Å². The Balaban J connectivity index is 1.96. The van der Waals surface area contributed by atoms with Gasteiger partial charge in [0, 0.05) is 26.9 Å². The van der Waals surface area contributed by atoms with Crippen molar-refractivity contribution in [2.75, 3.05) is 0 Å². The van der Waals surface area contributed by atoms with Crippen LogP contribution in [0.15, 0.2) is 78.9 Å². The number of nitrogens with one attached hydrogen (secondary N) is 1. The molecule has 0 radical (unpaired) electrons. The molecule has 4 aromatic rings. The molecule has 0 fully saturated rings. The van der Waals surface area contributed by atoms with Crippen LogP contribution >= 0.6 is 23.2 Å². The van der Waals surface area contributed by atoms with E-state index in [9.17, 15) is 4.79 Å². The molecule has 0 aliphatic rings. The molecule has 28 heavy (non-hydrogen) atoms. The quantitative estimate of drug-likeness (QED) is 0.357. The van der Waals surface area contributed by atoms with E-state index in [0.29, 0.717) is 21.2 Å². The predicted molar refractivity (Wildman–Crippen MR) is 116 cm³/mol. The number of rotatable bonds is 4. The number of benzene rings is 3. The van der Waals surface area contributed by atoms with E-state index < -0.39 is 0 Å². The van der Waals surface area contributed by atoms with Gasteiger partial charge in [-0.05, 0) is 42.3 Å². The largest absolute Gasteiger partial charge is 0.357 e. The summed E-state index contributed by atoms with van der Waals surface area (Å²) >= 11 is 12.1. The van der Waals surface area contributed by atoms with Crippen molar-refractivity contribution in [3.63, 3.8) is 0 Å². The second-order valence-electron chi connectivity index (χ2n) is 6.58.